The van der Waals surface area contributed by atoms with Gasteiger partial charge in [-0.1, -0.05) is 29.8 Å². The van der Waals surface area contributed by atoms with Gasteiger partial charge in [-0.15, -0.1) is 5.10 Å². The van der Waals surface area contributed by atoms with E-state index in [9.17, 15) is 46.1 Å². The summed E-state index contributed by atoms with van der Waals surface area (Å²) in [5.74, 6) is -1.74. The van der Waals surface area contributed by atoms with E-state index in [0.29, 0.717) is 14.3 Å². The van der Waals surface area contributed by atoms with Crippen LogP contribution in [0.1, 0.15) is 29.9 Å². The number of hydrogen-bond donors (Lipinski definition) is 2. The Hall–Kier alpha value is -3.16. The molecule has 0 radical (unpaired) electrons. The fourth-order valence-electron chi connectivity index (χ4n) is 3.82. The number of carbonyl (C=O) groups excluding carboxylic acids is 1. The maximum absolute atomic E-state index is 13.1. The maximum Gasteiger partial charge on any atom is 0.416 e. The maximum atomic E-state index is 13.1. The molecule has 2 atom stereocenters. The average molecular weight is 566 g/mol. The molecule has 0 saturated carbocycles. The van der Waals surface area contributed by atoms with Gasteiger partial charge in [0.05, 0.1) is 12.1 Å². The van der Waals surface area contributed by atoms with Gasteiger partial charge >= 0.3 is 18.0 Å². The van der Waals surface area contributed by atoms with Crippen LogP contribution in [0.25, 0.3) is 11.4 Å². The second kappa shape index (κ2) is 11.7. The zero-order valence-electron chi connectivity index (χ0n) is 19.5. The number of rotatable bonds is 10. The summed E-state index contributed by atoms with van der Waals surface area (Å²) in [5, 5.41) is 23.2. The molecule has 7 nitrogen and oxygen atoms in total. The summed E-state index contributed by atoms with van der Waals surface area (Å²) in [6, 6.07) is 9.86. The first-order valence-corrected chi connectivity index (χ1v) is 11.6. The van der Waals surface area contributed by atoms with Crippen LogP contribution in [0.4, 0.5) is 26.3 Å². The van der Waals surface area contributed by atoms with Crippen molar-refractivity contribution in [2.75, 3.05) is 6.61 Å². The highest BCUT2D eigenvalue weighted by atomic mass is 35.5. The van der Waals surface area contributed by atoms with E-state index in [1.54, 1.807) is 0 Å². The molecule has 14 heteroatoms. The van der Waals surface area contributed by atoms with Crippen molar-refractivity contribution in [3.05, 3.63) is 75.2 Å². The molecular formula is C24H22ClF6N3O4. The second-order valence-electron chi connectivity index (χ2n) is 8.51. The Morgan fingerprint density at radius 3 is 2.29 bits per heavy atom. The molecule has 0 aliphatic heterocycles. The molecule has 1 aromatic heterocycles. The number of aromatic nitrogens is 3. The SMILES string of the molecule is O=C(CC(CCO)c1cccc(C(F)(F)F)c1)Cn1nc(-c2ccc(Cl)cc2)n(C[C@H](O)C(F)(F)F)c1=O. The second-order valence-corrected chi connectivity index (χ2v) is 8.95. The molecule has 1 heterocycles. The van der Waals surface area contributed by atoms with Crippen molar-refractivity contribution in [2.45, 2.75) is 50.3 Å². The molecule has 2 N–H and O–H groups in total. The van der Waals surface area contributed by atoms with Crippen LogP contribution in [0.2, 0.25) is 5.02 Å². The highest BCUT2D eigenvalue weighted by Crippen LogP contribution is 2.33. The van der Waals surface area contributed by atoms with Crippen molar-refractivity contribution >= 4 is 17.4 Å². The van der Waals surface area contributed by atoms with Gasteiger partial charge in [-0.25, -0.2) is 9.48 Å². The molecule has 3 aromatic rings. The van der Waals surface area contributed by atoms with Gasteiger partial charge in [-0.3, -0.25) is 9.36 Å². The van der Waals surface area contributed by atoms with Crippen molar-refractivity contribution in [1.29, 1.82) is 0 Å². The molecule has 0 saturated heterocycles. The molecule has 38 heavy (non-hydrogen) atoms. The van der Waals surface area contributed by atoms with Crippen molar-refractivity contribution in [3.63, 3.8) is 0 Å². The van der Waals surface area contributed by atoms with E-state index >= 15 is 0 Å². The first-order chi connectivity index (χ1) is 17.7. The Kier molecular flexibility index (Phi) is 9.05. The summed E-state index contributed by atoms with van der Waals surface area (Å²) >= 11 is 5.84. The monoisotopic (exact) mass is 565 g/mol. The van der Waals surface area contributed by atoms with E-state index in [1.165, 1.54) is 36.4 Å². The van der Waals surface area contributed by atoms with Crippen molar-refractivity contribution < 1.29 is 41.4 Å². The van der Waals surface area contributed by atoms with Gasteiger partial charge in [0.1, 0.15) is 6.54 Å². The largest absolute Gasteiger partial charge is 0.416 e. The average Bonchev–Trinajstić information content (AvgIpc) is 3.13. The van der Waals surface area contributed by atoms with Gasteiger partial charge in [0.2, 0.25) is 0 Å². The Morgan fingerprint density at radius 2 is 1.71 bits per heavy atom. The first-order valence-electron chi connectivity index (χ1n) is 11.2. The van der Waals surface area contributed by atoms with E-state index in [2.05, 4.69) is 5.10 Å². The summed E-state index contributed by atoms with van der Waals surface area (Å²) in [5.41, 5.74) is -1.70. The summed E-state index contributed by atoms with van der Waals surface area (Å²) in [6.45, 7) is -2.32. The first kappa shape index (κ1) is 29.4. The number of aliphatic hydroxyl groups excluding tert-OH is 2. The predicted molar refractivity (Wildman–Crippen MR) is 125 cm³/mol. The molecular weight excluding hydrogens is 544 g/mol. The van der Waals surface area contributed by atoms with Crippen LogP contribution in [0.15, 0.2) is 53.3 Å². The Balaban J connectivity index is 1.91. The van der Waals surface area contributed by atoms with Crippen molar-refractivity contribution in [1.82, 2.24) is 14.3 Å². The molecule has 1 unspecified atom stereocenters. The lowest BCUT2D eigenvalue weighted by Crippen LogP contribution is -2.37. The van der Waals surface area contributed by atoms with Crippen LogP contribution >= 0.6 is 11.6 Å². The van der Waals surface area contributed by atoms with Gasteiger partial charge in [-0.05, 0) is 48.2 Å². The fourth-order valence-corrected chi connectivity index (χ4v) is 3.94. The number of carbonyl (C=O) groups is 1. The molecule has 0 aliphatic rings. The molecule has 2 aromatic carbocycles. The minimum absolute atomic E-state index is 0.0514. The summed E-state index contributed by atoms with van der Waals surface area (Å²) in [6.07, 6.45) is -13.0. The minimum Gasteiger partial charge on any atom is -0.396 e. The normalized spacial score (nSPS) is 13.9. The molecule has 206 valence electrons. The summed E-state index contributed by atoms with van der Waals surface area (Å²) in [7, 11) is 0. The highest BCUT2D eigenvalue weighted by molar-refractivity contribution is 6.30. The summed E-state index contributed by atoms with van der Waals surface area (Å²) in [4.78, 5) is 25.7. The quantitative estimate of drug-likeness (QED) is 0.355. The fraction of sp³-hybridized carbons (Fsp3) is 0.375. The number of ketones is 1. The highest BCUT2D eigenvalue weighted by Gasteiger charge is 2.39. The lowest BCUT2D eigenvalue weighted by atomic mass is 9.90. The molecule has 0 amide bonds. The third-order valence-electron chi connectivity index (χ3n) is 5.72. The number of benzene rings is 2. The van der Waals surface area contributed by atoms with Crippen LogP contribution < -0.4 is 5.69 Å². The zero-order valence-corrected chi connectivity index (χ0v) is 20.3. The van der Waals surface area contributed by atoms with Crippen LogP contribution in [-0.2, 0) is 24.1 Å². The van der Waals surface area contributed by atoms with E-state index in [1.807, 2.05) is 0 Å². The predicted octanol–water partition coefficient (Wildman–Crippen LogP) is 4.43. The topological polar surface area (TPSA) is 97.3 Å². The van der Waals surface area contributed by atoms with Gasteiger partial charge in [0.15, 0.2) is 17.7 Å². The summed E-state index contributed by atoms with van der Waals surface area (Å²) < 4.78 is 79.5. The Bertz CT molecular complexity index is 1320. The van der Waals surface area contributed by atoms with E-state index in [-0.39, 0.29) is 29.8 Å². The lowest BCUT2D eigenvalue weighted by molar-refractivity contribution is -0.207. The number of hydrogen-bond acceptors (Lipinski definition) is 5. The zero-order chi connectivity index (χ0) is 28.3. The van der Waals surface area contributed by atoms with Gasteiger partial charge in [-0.2, -0.15) is 26.3 Å². The van der Waals surface area contributed by atoms with Gasteiger partial charge in [0, 0.05) is 23.6 Å². The number of alkyl halides is 6. The van der Waals surface area contributed by atoms with E-state index in [4.69, 9.17) is 11.6 Å². The van der Waals surface area contributed by atoms with Gasteiger partial charge < -0.3 is 10.2 Å². The molecule has 0 spiro atoms. The minimum atomic E-state index is -5.03. The Labute approximate surface area is 216 Å². The molecule has 0 fully saturated rings. The number of halogens is 7. The molecule has 0 aliphatic carbocycles. The Morgan fingerprint density at radius 1 is 1.05 bits per heavy atom. The smallest absolute Gasteiger partial charge is 0.396 e. The van der Waals surface area contributed by atoms with Gasteiger partial charge in [0.25, 0.3) is 0 Å². The lowest BCUT2D eigenvalue weighted by Gasteiger charge is -2.17. The number of aliphatic hydroxyl groups is 2. The van der Waals surface area contributed by atoms with E-state index < -0.39 is 61.1 Å². The van der Waals surface area contributed by atoms with Crippen LogP contribution in [-0.4, -0.2) is 49.2 Å². The molecule has 0 bridgehead atoms. The third kappa shape index (κ3) is 7.23. The third-order valence-corrected chi connectivity index (χ3v) is 5.97. The van der Waals surface area contributed by atoms with Crippen molar-refractivity contribution in [3.8, 4) is 11.4 Å². The van der Waals surface area contributed by atoms with Crippen LogP contribution in [0.3, 0.4) is 0 Å². The number of Topliss-reactive ketones (excluding diaryl/α,β-unsaturated/α-hetero) is 1. The molecule has 3 rings (SSSR count). The van der Waals surface area contributed by atoms with Crippen LogP contribution in [0, 0.1) is 0 Å². The standard InChI is InChI=1S/C24H22ClF6N3O4/c25-18-6-4-14(5-7-18)21-32-34(22(38)33(21)13-20(37)24(29,30)31)12-19(36)11-16(8-9-35)15-2-1-3-17(10-15)23(26,27)28/h1-7,10,16,20,35,37H,8-9,11-13H2/t16?,20-/m0/s1. The van der Waals surface area contributed by atoms with Crippen LogP contribution in [0.5, 0.6) is 0 Å². The van der Waals surface area contributed by atoms with Crippen molar-refractivity contribution in [2.24, 2.45) is 0 Å². The number of nitrogens with zero attached hydrogens (tertiary/aromatic N) is 3. The van der Waals surface area contributed by atoms with E-state index in [0.717, 1.165) is 12.1 Å².